The lowest BCUT2D eigenvalue weighted by atomic mass is 10.1. The predicted octanol–water partition coefficient (Wildman–Crippen LogP) is 3.19. The molecule has 0 atom stereocenters. The molecular formula is C23H19N7O2. The van der Waals surface area contributed by atoms with Gasteiger partial charge >= 0.3 is 6.03 Å². The summed E-state index contributed by atoms with van der Waals surface area (Å²) in [6.07, 6.45) is 6.91. The third-order valence-electron chi connectivity index (χ3n) is 5.14. The van der Waals surface area contributed by atoms with E-state index < -0.39 is 0 Å². The summed E-state index contributed by atoms with van der Waals surface area (Å²) in [5.41, 5.74) is 4.15. The molecule has 0 aliphatic carbocycles. The van der Waals surface area contributed by atoms with Gasteiger partial charge in [0.15, 0.2) is 0 Å². The zero-order valence-electron chi connectivity index (χ0n) is 17.2. The fourth-order valence-corrected chi connectivity index (χ4v) is 3.61. The van der Waals surface area contributed by atoms with Crippen LogP contribution in [0.4, 0.5) is 10.5 Å². The molecule has 3 N–H and O–H groups in total. The Labute approximate surface area is 182 Å². The predicted molar refractivity (Wildman–Crippen MR) is 122 cm³/mol. The molecule has 0 bridgehead atoms. The smallest absolute Gasteiger partial charge is 0.319 e. The summed E-state index contributed by atoms with van der Waals surface area (Å²) < 4.78 is 1.87. The molecular weight excluding hydrogens is 406 g/mol. The van der Waals surface area contributed by atoms with E-state index in [9.17, 15) is 9.59 Å². The number of carbonyl (C=O) groups excluding carboxylic acids is 1. The number of anilines is 1. The first kappa shape index (κ1) is 19.4. The Morgan fingerprint density at radius 2 is 1.97 bits per heavy atom. The Bertz CT molecular complexity index is 1510. The van der Waals surface area contributed by atoms with E-state index in [0.29, 0.717) is 29.0 Å². The number of carbonyl (C=O) groups is 1. The summed E-state index contributed by atoms with van der Waals surface area (Å²) in [4.78, 5) is 40.8. The highest BCUT2D eigenvalue weighted by molar-refractivity contribution is 5.95. The van der Waals surface area contributed by atoms with Crippen molar-refractivity contribution in [3.8, 4) is 11.3 Å². The highest BCUT2D eigenvalue weighted by Crippen LogP contribution is 2.26. The van der Waals surface area contributed by atoms with E-state index >= 15 is 0 Å². The first-order chi connectivity index (χ1) is 15.6. The molecule has 1 aromatic carbocycles. The lowest BCUT2D eigenvalue weighted by Gasteiger charge is -2.09. The van der Waals surface area contributed by atoms with Crippen molar-refractivity contribution in [3.05, 3.63) is 83.2 Å². The Hall–Kier alpha value is -4.53. The molecule has 0 saturated carbocycles. The zero-order valence-corrected chi connectivity index (χ0v) is 17.2. The number of amides is 2. The molecule has 0 unspecified atom stereocenters. The number of nitrogens with one attached hydrogen (secondary N) is 3. The third kappa shape index (κ3) is 3.67. The van der Waals surface area contributed by atoms with Crippen LogP contribution in [0.3, 0.4) is 0 Å². The van der Waals surface area contributed by atoms with Gasteiger partial charge in [-0.25, -0.2) is 14.8 Å². The maximum Gasteiger partial charge on any atom is 0.319 e. The zero-order chi connectivity index (χ0) is 22.1. The Morgan fingerprint density at radius 1 is 1.12 bits per heavy atom. The van der Waals surface area contributed by atoms with Crippen LogP contribution in [0.25, 0.3) is 33.3 Å². The summed E-state index contributed by atoms with van der Waals surface area (Å²) in [6.45, 7) is 0.379. The molecule has 158 valence electrons. The van der Waals surface area contributed by atoms with Gasteiger partial charge in [-0.2, -0.15) is 0 Å². The third-order valence-corrected chi connectivity index (χ3v) is 5.14. The largest absolute Gasteiger partial charge is 0.335 e. The SMILES string of the molecule is Cn1cc(-c2nc3ccc(NC(=O)NCc4ccncc4)cc3[nH]c2=O)c2cccnc21. The second-order valence-electron chi connectivity index (χ2n) is 7.34. The number of hydrogen-bond donors (Lipinski definition) is 3. The minimum Gasteiger partial charge on any atom is -0.335 e. The van der Waals surface area contributed by atoms with Crippen LogP contribution < -0.4 is 16.2 Å². The second kappa shape index (κ2) is 7.95. The molecule has 0 aliphatic rings. The number of aryl methyl sites for hydroxylation is 1. The van der Waals surface area contributed by atoms with Crippen LogP contribution in [0, 0.1) is 0 Å². The van der Waals surface area contributed by atoms with Crippen molar-refractivity contribution in [1.82, 2.24) is 29.8 Å². The highest BCUT2D eigenvalue weighted by Gasteiger charge is 2.15. The van der Waals surface area contributed by atoms with Crippen molar-refractivity contribution in [3.63, 3.8) is 0 Å². The van der Waals surface area contributed by atoms with Crippen molar-refractivity contribution in [2.45, 2.75) is 6.54 Å². The molecule has 5 rings (SSSR count). The minimum absolute atomic E-state index is 0.312. The van der Waals surface area contributed by atoms with Gasteiger partial charge in [0, 0.05) is 55.0 Å². The van der Waals surface area contributed by atoms with Gasteiger partial charge in [-0.05, 0) is 48.0 Å². The van der Waals surface area contributed by atoms with Crippen LogP contribution in [0.15, 0.2) is 72.0 Å². The molecule has 0 aliphatic heterocycles. The normalized spacial score (nSPS) is 11.0. The Kier molecular flexibility index (Phi) is 4.83. The van der Waals surface area contributed by atoms with Gasteiger partial charge < -0.3 is 20.2 Å². The molecule has 2 amide bonds. The lowest BCUT2D eigenvalue weighted by Crippen LogP contribution is -2.28. The monoisotopic (exact) mass is 425 g/mol. The van der Waals surface area contributed by atoms with Gasteiger partial charge in [0.25, 0.3) is 5.56 Å². The average molecular weight is 425 g/mol. The molecule has 4 aromatic heterocycles. The molecule has 0 radical (unpaired) electrons. The average Bonchev–Trinajstić information content (AvgIpc) is 3.14. The first-order valence-corrected chi connectivity index (χ1v) is 9.97. The molecule has 0 spiro atoms. The van der Waals surface area contributed by atoms with Gasteiger partial charge in [0.2, 0.25) is 0 Å². The van der Waals surface area contributed by atoms with Gasteiger partial charge in [-0.1, -0.05) is 0 Å². The van der Waals surface area contributed by atoms with Crippen LogP contribution >= 0.6 is 0 Å². The number of aromatic amines is 1. The molecule has 4 heterocycles. The number of urea groups is 1. The fourth-order valence-electron chi connectivity index (χ4n) is 3.61. The van der Waals surface area contributed by atoms with E-state index in [1.165, 1.54) is 0 Å². The van der Waals surface area contributed by atoms with Crippen molar-refractivity contribution in [2.24, 2.45) is 7.05 Å². The molecule has 9 heteroatoms. The van der Waals surface area contributed by atoms with E-state index in [4.69, 9.17) is 0 Å². The summed E-state index contributed by atoms with van der Waals surface area (Å²) in [5.74, 6) is 0. The lowest BCUT2D eigenvalue weighted by molar-refractivity contribution is 0.251. The van der Waals surface area contributed by atoms with Crippen LogP contribution in [0.1, 0.15) is 5.56 Å². The Morgan fingerprint density at radius 3 is 2.81 bits per heavy atom. The number of pyridine rings is 2. The summed E-state index contributed by atoms with van der Waals surface area (Å²) in [5, 5.41) is 6.41. The van der Waals surface area contributed by atoms with E-state index in [-0.39, 0.29) is 11.6 Å². The second-order valence-corrected chi connectivity index (χ2v) is 7.34. The molecule has 0 fully saturated rings. The van der Waals surface area contributed by atoms with Crippen LogP contribution in [0.5, 0.6) is 0 Å². The summed E-state index contributed by atoms with van der Waals surface area (Å²) >= 11 is 0. The highest BCUT2D eigenvalue weighted by atomic mass is 16.2. The maximum atomic E-state index is 12.8. The van der Waals surface area contributed by atoms with Crippen molar-refractivity contribution >= 4 is 33.8 Å². The molecule has 9 nitrogen and oxygen atoms in total. The van der Waals surface area contributed by atoms with E-state index in [2.05, 4.69) is 30.6 Å². The van der Waals surface area contributed by atoms with Crippen LogP contribution in [-0.4, -0.2) is 30.5 Å². The van der Waals surface area contributed by atoms with Gasteiger partial charge in [-0.3, -0.25) is 9.78 Å². The van der Waals surface area contributed by atoms with Crippen molar-refractivity contribution < 1.29 is 4.79 Å². The maximum absolute atomic E-state index is 12.8. The molecule has 5 aromatic rings. The number of hydrogen-bond acceptors (Lipinski definition) is 5. The standard InChI is InChI=1S/C23H19N7O2/c1-30-13-17(16-3-2-8-25-21(16)30)20-22(31)29-19-11-15(4-5-18(19)28-20)27-23(32)26-12-14-6-9-24-10-7-14/h2-11,13H,12H2,1H3,(H,29,31)(H2,26,27,32). The van der Waals surface area contributed by atoms with Crippen LogP contribution in [-0.2, 0) is 13.6 Å². The van der Waals surface area contributed by atoms with Gasteiger partial charge in [0.05, 0.1) is 11.0 Å². The number of rotatable bonds is 4. The summed E-state index contributed by atoms with van der Waals surface area (Å²) in [7, 11) is 1.88. The minimum atomic E-state index is -0.351. The van der Waals surface area contributed by atoms with Crippen molar-refractivity contribution in [2.75, 3.05) is 5.32 Å². The van der Waals surface area contributed by atoms with Crippen molar-refractivity contribution in [1.29, 1.82) is 0 Å². The number of nitrogens with zero attached hydrogens (tertiary/aromatic N) is 4. The molecule has 32 heavy (non-hydrogen) atoms. The molecule has 0 saturated heterocycles. The van der Waals surface area contributed by atoms with Gasteiger partial charge in [0.1, 0.15) is 11.3 Å². The van der Waals surface area contributed by atoms with E-state index in [0.717, 1.165) is 22.2 Å². The van der Waals surface area contributed by atoms with Gasteiger partial charge in [-0.15, -0.1) is 0 Å². The topological polar surface area (TPSA) is 118 Å². The number of benzene rings is 1. The Balaban J connectivity index is 1.41. The quantitative estimate of drug-likeness (QED) is 0.409. The number of H-pyrrole nitrogens is 1. The van der Waals surface area contributed by atoms with E-state index in [1.807, 2.05) is 42.1 Å². The van der Waals surface area contributed by atoms with E-state index in [1.54, 1.807) is 36.8 Å². The first-order valence-electron chi connectivity index (χ1n) is 9.97. The summed E-state index contributed by atoms with van der Waals surface area (Å²) in [6, 6.07) is 12.2. The number of aromatic nitrogens is 5. The fraction of sp³-hybridized carbons (Fsp3) is 0.0870. The van der Waals surface area contributed by atoms with Crippen LogP contribution in [0.2, 0.25) is 0 Å². The number of fused-ring (bicyclic) bond motifs is 2.